The number of nitrogens with zero attached hydrogens (tertiary/aromatic N) is 3. The molecule has 3 rings (SSSR count). The van der Waals surface area contributed by atoms with Gasteiger partial charge in [-0.05, 0) is 25.3 Å². The fraction of sp³-hybridized carbons (Fsp3) is 0.385. The SMILES string of the molecule is Cc1ccccc1-c1nnc2n1CCCC2N. The Balaban J connectivity index is 2.14. The largest absolute Gasteiger partial charge is 0.321 e. The zero-order chi connectivity index (χ0) is 11.8. The fourth-order valence-corrected chi connectivity index (χ4v) is 2.43. The van der Waals surface area contributed by atoms with E-state index in [2.05, 4.69) is 33.8 Å². The second kappa shape index (κ2) is 3.96. The highest BCUT2D eigenvalue weighted by atomic mass is 15.3. The second-order valence-electron chi connectivity index (χ2n) is 4.60. The first-order valence-corrected chi connectivity index (χ1v) is 6.02. The van der Waals surface area contributed by atoms with Crippen molar-refractivity contribution in [2.75, 3.05) is 0 Å². The minimum atomic E-state index is 0.0361. The van der Waals surface area contributed by atoms with E-state index in [0.29, 0.717) is 0 Å². The Morgan fingerprint density at radius 1 is 1.29 bits per heavy atom. The van der Waals surface area contributed by atoms with Gasteiger partial charge >= 0.3 is 0 Å². The van der Waals surface area contributed by atoms with Crippen molar-refractivity contribution in [2.45, 2.75) is 32.4 Å². The number of hydrogen-bond acceptors (Lipinski definition) is 3. The first-order valence-electron chi connectivity index (χ1n) is 6.02. The van der Waals surface area contributed by atoms with Crippen LogP contribution in [-0.2, 0) is 6.54 Å². The molecular formula is C13H16N4. The molecule has 0 saturated heterocycles. The second-order valence-corrected chi connectivity index (χ2v) is 4.60. The van der Waals surface area contributed by atoms with Gasteiger partial charge in [-0.25, -0.2) is 0 Å². The van der Waals surface area contributed by atoms with Gasteiger partial charge in [-0.3, -0.25) is 0 Å². The number of nitrogens with two attached hydrogens (primary N) is 1. The summed E-state index contributed by atoms with van der Waals surface area (Å²) in [6.45, 7) is 3.07. The lowest BCUT2D eigenvalue weighted by Crippen LogP contribution is -2.22. The standard InChI is InChI=1S/C13H16N4/c1-9-5-2-3-6-10(9)12-15-16-13-11(14)7-4-8-17(12)13/h2-3,5-6,11H,4,7-8,14H2,1H3. The van der Waals surface area contributed by atoms with Crippen molar-refractivity contribution >= 4 is 0 Å². The van der Waals surface area contributed by atoms with Crippen LogP contribution in [0, 0.1) is 6.92 Å². The summed E-state index contributed by atoms with van der Waals surface area (Å²) in [5.74, 6) is 1.88. The Bertz CT molecular complexity index is 544. The molecule has 0 radical (unpaired) electrons. The first kappa shape index (κ1) is 10.5. The monoisotopic (exact) mass is 228 g/mol. The molecule has 0 saturated carbocycles. The van der Waals surface area contributed by atoms with Gasteiger partial charge in [-0.15, -0.1) is 10.2 Å². The lowest BCUT2D eigenvalue weighted by Gasteiger charge is -2.20. The van der Waals surface area contributed by atoms with E-state index in [4.69, 9.17) is 5.73 Å². The number of hydrogen-bond donors (Lipinski definition) is 1. The lowest BCUT2D eigenvalue weighted by atomic mass is 10.1. The summed E-state index contributed by atoms with van der Waals surface area (Å²) in [6.07, 6.45) is 2.11. The van der Waals surface area contributed by atoms with Crippen LogP contribution in [0.25, 0.3) is 11.4 Å². The van der Waals surface area contributed by atoms with Crippen LogP contribution in [0.1, 0.15) is 30.3 Å². The third-order valence-corrected chi connectivity index (χ3v) is 3.39. The van der Waals surface area contributed by atoms with E-state index in [1.165, 1.54) is 5.56 Å². The predicted molar refractivity (Wildman–Crippen MR) is 66.4 cm³/mol. The average Bonchev–Trinajstić information content (AvgIpc) is 2.75. The molecule has 17 heavy (non-hydrogen) atoms. The maximum atomic E-state index is 6.05. The van der Waals surface area contributed by atoms with Gasteiger partial charge in [0.15, 0.2) is 5.82 Å². The minimum absolute atomic E-state index is 0.0361. The zero-order valence-electron chi connectivity index (χ0n) is 9.93. The van der Waals surface area contributed by atoms with Gasteiger partial charge in [0, 0.05) is 12.1 Å². The number of fused-ring (bicyclic) bond motifs is 1. The molecule has 2 heterocycles. The van der Waals surface area contributed by atoms with Crippen molar-refractivity contribution in [1.82, 2.24) is 14.8 Å². The highest BCUT2D eigenvalue weighted by molar-refractivity contribution is 5.60. The molecule has 1 aliphatic rings. The Morgan fingerprint density at radius 3 is 2.94 bits per heavy atom. The van der Waals surface area contributed by atoms with Crippen LogP contribution in [0.5, 0.6) is 0 Å². The third-order valence-electron chi connectivity index (χ3n) is 3.39. The highest BCUT2D eigenvalue weighted by Gasteiger charge is 2.23. The summed E-state index contributed by atoms with van der Waals surface area (Å²) in [7, 11) is 0. The number of aromatic nitrogens is 3. The van der Waals surface area contributed by atoms with Crippen LogP contribution < -0.4 is 5.73 Å². The van der Waals surface area contributed by atoms with Gasteiger partial charge in [0.25, 0.3) is 0 Å². The molecule has 1 atom stereocenters. The van der Waals surface area contributed by atoms with E-state index < -0.39 is 0 Å². The molecule has 1 aromatic carbocycles. The number of benzene rings is 1. The van der Waals surface area contributed by atoms with Crippen molar-refractivity contribution in [2.24, 2.45) is 5.73 Å². The fourth-order valence-electron chi connectivity index (χ4n) is 2.43. The zero-order valence-corrected chi connectivity index (χ0v) is 9.93. The molecule has 1 unspecified atom stereocenters. The molecule has 0 bridgehead atoms. The van der Waals surface area contributed by atoms with Crippen LogP contribution in [0.15, 0.2) is 24.3 Å². The lowest BCUT2D eigenvalue weighted by molar-refractivity contribution is 0.454. The van der Waals surface area contributed by atoms with Crippen molar-refractivity contribution in [3.63, 3.8) is 0 Å². The normalized spacial score (nSPS) is 19.1. The molecule has 4 heteroatoms. The van der Waals surface area contributed by atoms with Crippen molar-refractivity contribution in [1.29, 1.82) is 0 Å². The highest BCUT2D eigenvalue weighted by Crippen LogP contribution is 2.28. The van der Waals surface area contributed by atoms with Crippen LogP contribution in [0.4, 0.5) is 0 Å². The maximum Gasteiger partial charge on any atom is 0.164 e. The van der Waals surface area contributed by atoms with Gasteiger partial charge in [-0.1, -0.05) is 24.3 Å². The Morgan fingerprint density at radius 2 is 2.12 bits per heavy atom. The minimum Gasteiger partial charge on any atom is -0.321 e. The topological polar surface area (TPSA) is 56.7 Å². The molecule has 1 aromatic heterocycles. The van der Waals surface area contributed by atoms with Gasteiger partial charge in [0.1, 0.15) is 5.82 Å². The Labute approximate surface area is 100 Å². The van der Waals surface area contributed by atoms with Gasteiger partial charge in [-0.2, -0.15) is 0 Å². The van der Waals surface area contributed by atoms with E-state index in [-0.39, 0.29) is 6.04 Å². The van der Waals surface area contributed by atoms with Crippen molar-refractivity contribution in [3.05, 3.63) is 35.7 Å². The molecule has 2 aromatic rings. The summed E-state index contributed by atoms with van der Waals surface area (Å²) < 4.78 is 2.16. The smallest absolute Gasteiger partial charge is 0.164 e. The third kappa shape index (κ3) is 1.65. The molecule has 88 valence electrons. The predicted octanol–water partition coefficient (Wildman–Crippen LogP) is 2.05. The summed E-state index contributed by atoms with van der Waals surface area (Å²) >= 11 is 0. The van der Waals surface area contributed by atoms with E-state index in [0.717, 1.165) is 36.6 Å². The quantitative estimate of drug-likeness (QED) is 0.812. The number of rotatable bonds is 1. The average molecular weight is 228 g/mol. The molecule has 0 amide bonds. The summed E-state index contributed by atoms with van der Waals surface area (Å²) in [4.78, 5) is 0. The van der Waals surface area contributed by atoms with Gasteiger partial charge in [0.05, 0.1) is 6.04 Å². The van der Waals surface area contributed by atoms with Gasteiger partial charge in [0.2, 0.25) is 0 Å². The van der Waals surface area contributed by atoms with Crippen LogP contribution in [-0.4, -0.2) is 14.8 Å². The summed E-state index contributed by atoms with van der Waals surface area (Å²) in [5.41, 5.74) is 8.43. The van der Waals surface area contributed by atoms with Crippen molar-refractivity contribution < 1.29 is 0 Å². The molecule has 0 spiro atoms. The summed E-state index contributed by atoms with van der Waals surface area (Å²) in [6, 6.07) is 8.30. The van der Waals surface area contributed by atoms with E-state index >= 15 is 0 Å². The molecule has 4 nitrogen and oxygen atoms in total. The Kier molecular flexibility index (Phi) is 2.44. The van der Waals surface area contributed by atoms with E-state index in [1.807, 2.05) is 12.1 Å². The summed E-state index contributed by atoms with van der Waals surface area (Å²) in [5, 5.41) is 8.56. The van der Waals surface area contributed by atoms with E-state index in [9.17, 15) is 0 Å². The number of aryl methyl sites for hydroxylation is 1. The van der Waals surface area contributed by atoms with E-state index in [1.54, 1.807) is 0 Å². The maximum absolute atomic E-state index is 6.05. The molecule has 2 N–H and O–H groups in total. The van der Waals surface area contributed by atoms with Crippen LogP contribution >= 0.6 is 0 Å². The van der Waals surface area contributed by atoms with Crippen molar-refractivity contribution in [3.8, 4) is 11.4 Å². The van der Waals surface area contributed by atoms with Gasteiger partial charge < -0.3 is 10.3 Å². The molecule has 0 aliphatic carbocycles. The first-order chi connectivity index (χ1) is 8.27. The Hall–Kier alpha value is -1.68. The van der Waals surface area contributed by atoms with Crippen LogP contribution in [0.2, 0.25) is 0 Å². The van der Waals surface area contributed by atoms with Crippen LogP contribution in [0.3, 0.4) is 0 Å². The molecule has 0 fully saturated rings. The molecule has 1 aliphatic heterocycles. The molecular weight excluding hydrogens is 212 g/mol.